The Morgan fingerprint density at radius 1 is 1.07 bits per heavy atom. The Labute approximate surface area is 173 Å². The molecule has 0 aromatic heterocycles. The molecule has 0 aromatic carbocycles. The van der Waals surface area contributed by atoms with E-state index in [1.807, 2.05) is 0 Å². The zero-order valence-corrected chi connectivity index (χ0v) is 19.1. The minimum Gasteiger partial charge on any atom is -0.469 e. The lowest BCUT2D eigenvalue weighted by atomic mass is 9.86. The fourth-order valence-corrected chi connectivity index (χ4v) is 4.26. The third-order valence-corrected chi connectivity index (χ3v) is 6.26. The van der Waals surface area contributed by atoms with E-state index in [1.165, 1.54) is 57.1 Å². The molecule has 0 spiro atoms. The monoisotopic (exact) mass is 399 g/mol. The highest BCUT2D eigenvalue weighted by Crippen LogP contribution is 2.43. The molecule has 2 unspecified atom stereocenters. The lowest BCUT2D eigenvalue weighted by Crippen LogP contribution is -2.54. The SMILES string of the molecule is CCCCC(C)C1(CCCCCCCCCCC(=O)OC)OCC(C)(C)N1O. The molecule has 28 heavy (non-hydrogen) atoms. The molecular formula is C23H45NO4. The van der Waals surface area contributed by atoms with Gasteiger partial charge in [0.25, 0.3) is 0 Å². The van der Waals surface area contributed by atoms with Gasteiger partial charge in [0.1, 0.15) is 5.72 Å². The lowest BCUT2D eigenvalue weighted by molar-refractivity contribution is -0.273. The summed E-state index contributed by atoms with van der Waals surface area (Å²) in [6, 6.07) is 0. The summed E-state index contributed by atoms with van der Waals surface area (Å²) in [6.45, 7) is 9.15. The first kappa shape index (κ1) is 25.4. The molecule has 0 aromatic rings. The average molecular weight is 400 g/mol. The zero-order chi connectivity index (χ0) is 21.0. The van der Waals surface area contributed by atoms with E-state index in [2.05, 4.69) is 32.4 Å². The van der Waals surface area contributed by atoms with E-state index < -0.39 is 5.72 Å². The second kappa shape index (κ2) is 12.8. The van der Waals surface area contributed by atoms with E-state index in [4.69, 9.17) is 4.74 Å². The summed E-state index contributed by atoms with van der Waals surface area (Å²) in [7, 11) is 1.45. The largest absolute Gasteiger partial charge is 0.469 e. The Hall–Kier alpha value is -0.650. The molecular weight excluding hydrogens is 354 g/mol. The highest BCUT2D eigenvalue weighted by atomic mass is 16.6. The molecule has 2 atom stereocenters. The van der Waals surface area contributed by atoms with Crippen LogP contribution in [-0.2, 0) is 14.3 Å². The molecule has 0 aliphatic carbocycles. The number of rotatable bonds is 15. The molecule has 0 radical (unpaired) electrons. The quantitative estimate of drug-likeness (QED) is 0.267. The predicted octanol–water partition coefficient (Wildman–Crippen LogP) is 6.08. The van der Waals surface area contributed by atoms with Crippen molar-refractivity contribution in [2.24, 2.45) is 5.92 Å². The Morgan fingerprint density at radius 3 is 2.14 bits per heavy atom. The van der Waals surface area contributed by atoms with Gasteiger partial charge in [-0.3, -0.25) is 4.79 Å². The van der Waals surface area contributed by atoms with Crippen LogP contribution in [0.2, 0.25) is 0 Å². The second-order valence-corrected chi connectivity index (χ2v) is 9.21. The standard InChI is InChI=1S/C23H45NO4/c1-6-7-16-20(2)23(24(26)22(3,4)19-28-23)18-15-13-11-9-8-10-12-14-17-21(25)27-5/h20,26H,6-19H2,1-5H3. The van der Waals surface area contributed by atoms with Crippen molar-refractivity contribution in [3.8, 4) is 0 Å². The molecule has 1 aliphatic heterocycles. The second-order valence-electron chi connectivity index (χ2n) is 9.21. The predicted molar refractivity (Wildman–Crippen MR) is 113 cm³/mol. The number of carbonyl (C=O) groups excluding carboxylic acids is 1. The number of esters is 1. The van der Waals surface area contributed by atoms with Gasteiger partial charge in [-0.05, 0) is 39.5 Å². The van der Waals surface area contributed by atoms with Gasteiger partial charge < -0.3 is 14.7 Å². The van der Waals surface area contributed by atoms with E-state index in [0.717, 1.165) is 32.1 Å². The van der Waals surface area contributed by atoms with Gasteiger partial charge in [0, 0.05) is 12.3 Å². The Morgan fingerprint density at radius 2 is 1.64 bits per heavy atom. The van der Waals surface area contributed by atoms with Crippen LogP contribution >= 0.6 is 0 Å². The smallest absolute Gasteiger partial charge is 0.305 e. The van der Waals surface area contributed by atoms with Crippen LogP contribution < -0.4 is 0 Å². The first-order chi connectivity index (χ1) is 13.3. The van der Waals surface area contributed by atoms with Crippen molar-refractivity contribution in [1.82, 2.24) is 5.06 Å². The molecule has 1 heterocycles. The van der Waals surface area contributed by atoms with Crippen LogP contribution in [0, 0.1) is 5.92 Å². The zero-order valence-electron chi connectivity index (χ0n) is 19.1. The van der Waals surface area contributed by atoms with E-state index in [9.17, 15) is 10.0 Å². The molecule has 1 saturated heterocycles. The Kier molecular flexibility index (Phi) is 11.6. The molecule has 1 fully saturated rings. The molecule has 1 N–H and O–H groups in total. The normalized spacial score (nSPS) is 23.1. The summed E-state index contributed by atoms with van der Waals surface area (Å²) in [5, 5.41) is 12.4. The number of hydrogen-bond donors (Lipinski definition) is 1. The third kappa shape index (κ3) is 7.64. The summed E-state index contributed by atoms with van der Waals surface area (Å²) in [5.41, 5.74) is -0.836. The molecule has 0 bridgehead atoms. The van der Waals surface area contributed by atoms with Gasteiger partial charge in [0.15, 0.2) is 0 Å². The molecule has 166 valence electrons. The highest BCUT2D eigenvalue weighted by Gasteiger charge is 2.53. The lowest BCUT2D eigenvalue weighted by Gasteiger charge is -2.42. The fourth-order valence-electron chi connectivity index (χ4n) is 4.26. The van der Waals surface area contributed by atoms with E-state index >= 15 is 0 Å². The van der Waals surface area contributed by atoms with Gasteiger partial charge in [-0.25, -0.2) is 0 Å². The summed E-state index contributed by atoms with van der Waals surface area (Å²) >= 11 is 0. The number of nitrogens with zero attached hydrogens (tertiary/aromatic N) is 1. The molecule has 1 aliphatic rings. The van der Waals surface area contributed by atoms with Gasteiger partial charge in [0.2, 0.25) is 0 Å². The summed E-state index contributed by atoms with van der Waals surface area (Å²) < 4.78 is 10.9. The van der Waals surface area contributed by atoms with Gasteiger partial charge >= 0.3 is 5.97 Å². The van der Waals surface area contributed by atoms with E-state index in [0.29, 0.717) is 18.9 Å². The van der Waals surface area contributed by atoms with Crippen LogP contribution in [0.25, 0.3) is 0 Å². The number of hydrogen-bond acceptors (Lipinski definition) is 5. The van der Waals surface area contributed by atoms with E-state index in [-0.39, 0.29) is 11.5 Å². The van der Waals surface area contributed by atoms with Gasteiger partial charge in [-0.1, -0.05) is 65.2 Å². The Bertz CT molecular complexity index is 440. The summed E-state index contributed by atoms with van der Waals surface area (Å²) in [5.74, 6) is 0.228. The van der Waals surface area contributed by atoms with Crippen molar-refractivity contribution in [2.75, 3.05) is 13.7 Å². The summed E-state index contributed by atoms with van der Waals surface area (Å²) in [6.07, 6.45) is 14.1. The van der Waals surface area contributed by atoms with Crippen LogP contribution in [-0.4, -0.2) is 41.2 Å². The van der Waals surface area contributed by atoms with Gasteiger partial charge in [-0.15, -0.1) is 0 Å². The van der Waals surface area contributed by atoms with Crippen LogP contribution in [0.15, 0.2) is 0 Å². The number of ether oxygens (including phenoxy) is 2. The Balaban J connectivity index is 2.28. The van der Waals surface area contributed by atoms with Crippen LogP contribution in [0.5, 0.6) is 0 Å². The minimum atomic E-state index is -0.521. The molecule has 1 rings (SSSR count). The van der Waals surface area contributed by atoms with Crippen molar-refractivity contribution in [2.45, 2.75) is 122 Å². The van der Waals surface area contributed by atoms with Crippen molar-refractivity contribution in [3.63, 3.8) is 0 Å². The average Bonchev–Trinajstić information content (AvgIpc) is 2.91. The van der Waals surface area contributed by atoms with Gasteiger partial charge in [-0.2, -0.15) is 5.06 Å². The van der Waals surface area contributed by atoms with Crippen molar-refractivity contribution in [3.05, 3.63) is 0 Å². The number of carbonyl (C=O) groups is 1. The van der Waals surface area contributed by atoms with Gasteiger partial charge in [0.05, 0.1) is 19.3 Å². The maximum absolute atomic E-state index is 11.1. The maximum atomic E-state index is 11.1. The van der Waals surface area contributed by atoms with E-state index in [1.54, 1.807) is 0 Å². The molecule has 5 heteroatoms. The fraction of sp³-hybridized carbons (Fsp3) is 0.957. The first-order valence-electron chi connectivity index (χ1n) is 11.5. The van der Waals surface area contributed by atoms with Crippen molar-refractivity contribution < 1.29 is 19.5 Å². The first-order valence-corrected chi connectivity index (χ1v) is 11.5. The topological polar surface area (TPSA) is 59.0 Å². The summed E-state index contributed by atoms with van der Waals surface area (Å²) in [4.78, 5) is 11.1. The maximum Gasteiger partial charge on any atom is 0.305 e. The number of hydroxylamine groups is 2. The third-order valence-electron chi connectivity index (χ3n) is 6.26. The highest BCUT2D eigenvalue weighted by molar-refractivity contribution is 5.68. The molecule has 5 nitrogen and oxygen atoms in total. The number of methoxy groups -OCH3 is 1. The number of unbranched alkanes of at least 4 members (excludes halogenated alkanes) is 8. The minimum absolute atomic E-state index is 0.0997. The van der Waals surface area contributed by atoms with Crippen molar-refractivity contribution in [1.29, 1.82) is 0 Å². The van der Waals surface area contributed by atoms with Crippen molar-refractivity contribution >= 4 is 5.97 Å². The van der Waals surface area contributed by atoms with Crippen LogP contribution in [0.3, 0.4) is 0 Å². The van der Waals surface area contributed by atoms with Crippen LogP contribution in [0.4, 0.5) is 0 Å². The molecule has 0 amide bonds. The van der Waals surface area contributed by atoms with Crippen LogP contribution in [0.1, 0.15) is 111 Å². The molecule has 0 saturated carbocycles.